The van der Waals surface area contributed by atoms with Crippen LogP contribution < -0.4 is 16.4 Å². The molecule has 2 aromatic rings. The molecule has 23 nitrogen and oxygen atoms in total. The van der Waals surface area contributed by atoms with Crippen LogP contribution >= 0.6 is 7.82 Å². The summed E-state index contributed by atoms with van der Waals surface area (Å²) >= 11 is 0. The summed E-state index contributed by atoms with van der Waals surface area (Å²) in [6, 6.07) is -1.08. The van der Waals surface area contributed by atoms with E-state index in [-0.39, 0.29) is 74.8 Å². The van der Waals surface area contributed by atoms with E-state index in [0.717, 1.165) is 0 Å². The summed E-state index contributed by atoms with van der Waals surface area (Å²) in [5.41, 5.74) is 6.40. The number of hydrogen-bond acceptors (Lipinski definition) is 18. The highest BCUT2D eigenvalue weighted by atomic mass is 31.2. The summed E-state index contributed by atoms with van der Waals surface area (Å²) in [5, 5.41) is 45.5. The van der Waals surface area contributed by atoms with Gasteiger partial charge in [0.05, 0.1) is 39.4 Å². The second-order valence-corrected chi connectivity index (χ2v) is 12.8. The predicted molar refractivity (Wildman–Crippen MR) is 172 cm³/mol. The van der Waals surface area contributed by atoms with Gasteiger partial charge in [0.1, 0.15) is 61.5 Å². The molecule has 4 heterocycles. The number of nitrogens with zero attached hydrogens (tertiary/aromatic N) is 4. The molecule has 2 fully saturated rings. The summed E-state index contributed by atoms with van der Waals surface area (Å²) in [6.45, 7) is 1.03. The Balaban J connectivity index is 1.10. The lowest BCUT2D eigenvalue weighted by atomic mass is 10.0. The number of carbonyl (C=O) groups is 2. The Labute approximate surface area is 296 Å². The topological polar surface area (TPSA) is 331 Å². The average molecular weight is 766 g/mol. The van der Waals surface area contributed by atoms with Crippen LogP contribution in [-0.4, -0.2) is 151 Å². The van der Waals surface area contributed by atoms with Gasteiger partial charge in [-0.2, -0.15) is 0 Å². The van der Waals surface area contributed by atoms with Gasteiger partial charge < -0.3 is 75.0 Å². The summed E-state index contributed by atoms with van der Waals surface area (Å²) in [5.74, 6) is -0.899. The number of imidazole rings is 1. The minimum atomic E-state index is -4.85. The normalized spacial score (nSPS) is 27.2. The maximum atomic E-state index is 12.2. The fourth-order valence-corrected chi connectivity index (χ4v) is 5.61. The van der Waals surface area contributed by atoms with E-state index in [2.05, 4.69) is 30.1 Å². The monoisotopic (exact) mass is 765 g/mol. The Hall–Kier alpha value is -3.58. The van der Waals surface area contributed by atoms with Crippen molar-refractivity contribution in [3.05, 3.63) is 24.7 Å². The highest BCUT2D eigenvalue weighted by Crippen LogP contribution is 2.39. The molecular formula is C28H44N7O16P. The van der Waals surface area contributed by atoms with Crippen molar-refractivity contribution in [2.24, 2.45) is 0 Å². The molecule has 292 valence electrons. The number of nitrogen functional groups attached to an aromatic ring is 1. The van der Waals surface area contributed by atoms with Crippen LogP contribution in [0.2, 0.25) is 0 Å². The van der Waals surface area contributed by atoms with Crippen molar-refractivity contribution in [1.29, 1.82) is 0 Å². The first-order valence-electron chi connectivity index (χ1n) is 16.1. The van der Waals surface area contributed by atoms with E-state index < -0.39 is 69.4 Å². The van der Waals surface area contributed by atoms with Gasteiger partial charge in [0.2, 0.25) is 18.1 Å². The number of carbonyl (C=O) groups excluding carboxylic acids is 2. The van der Waals surface area contributed by atoms with Crippen LogP contribution in [-0.2, 0) is 47.1 Å². The number of ether oxygens (including phenoxy) is 6. The molecule has 0 aliphatic carbocycles. The number of nitrogens with two attached hydrogens (primary N) is 1. The number of hydrogen-bond donors (Lipinski definition) is 9. The minimum absolute atomic E-state index is 0.0872. The maximum absolute atomic E-state index is 12.2. The quantitative estimate of drug-likeness (QED) is 0.0290. The number of aromatic nitrogens is 4. The number of phosphoric acid groups is 1. The van der Waals surface area contributed by atoms with Crippen molar-refractivity contribution in [1.82, 2.24) is 30.2 Å². The molecule has 0 spiro atoms. The van der Waals surface area contributed by atoms with Gasteiger partial charge >= 0.3 is 7.82 Å². The van der Waals surface area contributed by atoms with Crippen molar-refractivity contribution in [2.75, 3.05) is 52.1 Å². The highest BCUT2D eigenvalue weighted by molar-refractivity contribution is 7.46. The number of fused-ring (bicyclic) bond motifs is 1. The Morgan fingerprint density at radius 3 is 2.56 bits per heavy atom. The number of anilines is 1. The second-order valence-electron chi connectivity index (χ2n) is 11.6. The third-order valence-corrected chi connectivity index (χ3v) is 8.26. The second kappa shape index (κ2) is 19.5. The van der Waals surface area contributed by atoms with Crippen molar-refractivity contribution in [3.63, 3.8) is 0 Å². The molecular weight excluding hydrogens is 721 g/mol. The first kappa shape index (κ1) is 41.2. The molecule has 2 saturated heterocycles. The molecule has 24 heteroatoms. The number of amides is 2. The predicted octanol–water partition coefficient (Wildman–Crippen LogP) is -2.56. The van der Waals surface area contributed by atoms with Gasteiger partial charge in [-0.05, 0) is 12.8 Å². The van der Waals surface area contributed by atoms with E-state index in [1.165, 1.54) is 24.1 Å². The Bertz CT molecular complexity index is 1540. The zero-order valence-electron chi connectivity index (χ0n) is 28.0. The Kier molecular flexibility index (Phi) is 15.4. The maximum Gasteiger partial charge on any atom is 0.469 e. The molecule has 0 aromatic carbocycles. The fraction of sp³-hybridized carbons (Fsp3) is 0.679. The van der Waals surface area contributed by atoms with Gasteiger partial charge in [-0.15, -0.1) is 0 Å². The van der Waals surface area contributed by atoms with Crippen LogP contribution in [0, 0.1) is 0 Å². The molecule has 0 radical (unpaired) electrons. The largest absolute Gasteiger partial charge is 0.512 e. The first-order valence-corrected chi connectivity index (χ1v) is 17.6. The van der Waals surface area contributed by atoms with Gasteiger partial charge in [-0.25, -0.2) is 19.5 Å². The fourth-order valence-electron chi connectivity index (χ4n) is 5.27. The summed E-state index contributed by atoms with van der Waals surface area (Å²) in [4.78, 5) is 54.0. The van der Waals surface area contributed by atoms with E-state index in [9.17, 15) is 34.6 Å². The number of unbranched alkanes of at least 4 members (excludes halogenated alkanes) is 1. The average Bonchev–Trinajstić information content (AvgIpc) is 3.66. The minimum Gasteiger partial charge on any atom is -0.512 e. The molecule has 52 heavy (non-hydrogen) atoms. The Morgan fingerprint density at radius 1 is 1.06 bits per heavy atom. The third kappa shape index (κ3) is 11.5. The lowest BCUT2D eigenvalue weighted by Crippen LogP contribution is -2.60. The lowest BCUT2D eigenvalue weighted by molar-refractivity contribution is -0.206. The molecule has 0 bridgehead atoms. The number of aliphatic hydroxyl groups is 4. The smallest absolute Gasteiger partial charge is 0.469 e. The molecule has 8 atom stereocenters. The molecule has 4 rings (SSSR count). The summed E-state index contributed by atoms with van der Waals surface area (Å²) in [7, 11) is -4.85. The van der Waals surface area contributed by atoms with Gasteiger partial charge in [-0.3, -0.25) is 18.7 Å². The van der Waals surface area contributed by atoms with Gasteiger partial charge in [0.25, 0.3) is 0 Å². The summed E-state index contributed by atoms with van der Waals surface area (Å²) < 4.78 is 50.6. The van der Waals surface area contributed by atoms with E-state index in [1.54, 1.807) is 0 Å². The van der Waals surface area contributed by atoms with E-state index in [4.69, 9.17) is 43.9 Å². The van der Waals surface area contributed by atoms with Crippen molar-refractivity contribution < 1.29 is 77.3 Å². The molecule has 2 aliphatic heterocycles. The molecule has 0 saturated carbocycles. The number of aliphatic hydroxyl groups excluding tert-OH is 4. The van der Waals surface area contributed by atoms with Crippen molar-refractivity contribution in [3.8, 4) is 0 Å². The van der Waals surface area contributed by atoms with Crippen LogP contribution in [0.4, 0.5) is 5.82 Å². The van der Waals surface area contributed by atoms with E-state index in [0.29, 0.717) is 19.1 Å². The lowest BCUT2D eigenvalue weighted by Gasteiger charge is -2.39. The van der Waals surface area contributed by atoms with E-state index >= 15 is 0 Å². The van der Waals surface area contributed by atoms with Crippen LogP contribution in [0.25, 0.3) is 11.2 Å². The molecule has 2 amide bonds. The van der Waals surface area contributed by atoms with Crippen LogP contribution in [0.1, 0.15) is 32.4 Å². The summed E-state index contributed by atoms with van der Waals surface area (Å²) in [6.07, 6.45) is -4.78. The molecule has 10 N–H and O–H groups in total. The SMILES string of the molecule is CC(=O)N[C@H]1[C@H](OCCCCC(=O)NCCOCCOCO[C@@H]2[C@H](O)[C@@H](COP(=O)(O)O)O[C@H]2n2cnc3c(N)ncnc32)O/C(=C/O)[C@H](O)[C@@H]1O. The molecule has 0 unspecified atom stereocenters. The molecule has 2 aromatic heterocycles. The number of nitrogens with one attached hydrogen (secondary N) is 2. The van der Waals surface area contributed by atoms with Gasteiger partial charge in [0, 0.05) is 19.9 Å². The van der Waals surface area contributed by atoms with Crippen LogP contribution in [0.5, 0.6) is 0 Å². The number of phosphoric ester groups is 1. The van der Waals surface area contributed by atoms with Crippen molar-refractivity contribution in [2.45, 2.75) is 75.3 Å². The van der Waals surface area contributed by atoms with Crippen molar-refractivity contribution >= 4 is 36.6 Å². The van der Waals surface area contributed by atoms with Crippen LogP contribution in [0.15, 0.2) is 24.7 Å². The van der Waals surface area contributed by atoms with Gasteiger partial charge in [0.15, 0.2) is 23.5 Å². The third-order valence-electron chi connectivity index (χ3n) is 7.77. The van der Waals surface area contributed by atoms with Crippen LogP contribution in [0.3, 0.4) is 0 Å². The zero-order valence-corrected chi connectivity index (χ0v) is 28.9. The molecule has 2 aliphatic rings. The zero-order chi connectivity index (χ0) is 37.8. The van der Waals surface area contributed by atoms with E-state index in [1.807, 2.05) is 0 Å². The Morgan fingerprint density at radius 2 is 1.83 bits per heavy atom. The first-order chi connectivity index (χ1) is 24.8. The number of rotatable bonds is 20. The standard InChI is InChI=1S/C28H44N7O16P/c1-15(37)34-19-23(41)21(39)16(10-36)51-28(19)47-6-3-2-4-18(38)30-5-7-45-8-9-46-14-48-24-22(40)17(11-49-52(42,43)44)50-27(24)35-13-33-20-25(29)31-12-32-26(20)35/h10,12-13,17,19,21-24,27-28,36,39-41H,2-9,11,14H2,1H3,(H,30,38)(H,34,37)(H2,29,31,32)(H2,42,43,44)/b16-10+/t17-,19-,21+,22-,23-,24-,27-,28-/m1/s1. The van der Waals surface area contributed by atoms with Gasteiger partial charge in [-0.1, -0.05) is 0 Å². The highest BCUT2D eigenvalue weighted by Gasteiger charge is 2.47.